The van der Waals surface area contributed by atoms with Gasteiger partial charge in [-0.3, -0.25) is 4.79 Å². The first kappa shape index (κ1) is 8.44. The molecule has 0 atom stereocenters. The van der Waals surface area contributed by atoms with Crippen molar-refractivity contribution in [1.29, 1.82) is 0 Å². The SMILES string of the molecule is [N-]=[N+]=NCc1nsc(C(N)=O)n1. The summed E-state index contributed by atoms with van der Waals surface area (Å²) in [6.07, 6.45) is 0. The summed E-state index contributed by atoms with van der Waals surface area (Å²) in [7, 11) is 0. The summed E-state index contributed by atoms with van der Waals surface area (Å²) in [5.74, 6) is -0.314. The average Bonchev–Trinajstić information content (AvgIpc) is 2.48. The first-order chi connectivity index (χ1) is 5.74. The van der Waals surface area contributed by atoms with Gasteiger partial charge in [0.25, 0.3) is 5.91 Å². The molecule has 8 heteroatoms. The van der Waals surface area contributed by atoms with Gasteiger partial charge in [0, 0.05) is 4.91 Å². The summed E-state index contributed by atoms with van der Waals surface area (Å²) < 4.78 is 3.74. The Kier molecular flexibility index (Phi) is 2.57. The van der Waals surface area contributed by atoms with Gasteiger partial charge in [-0.25, -0.2) is 4.98 Å². The zero-order valence-electron chi connectivity index (χ0n) is 5.84. The maximum atomic E-state index is 10.5. The quantitative estimate of drug-likeness (QED) is 0.417. The van der Waals surface area contributed by atoms with Gasteiger partial charge in [0.2, 0.25) is 5.01 Å². The smallest absolute Gasteiger partial charge is 0.279 e. The maximum Gasteiger partial charge on any atom is 0.279 e. The van der Waals surface area contributed by atoms with Gasteiger partial charge in [-0.05, 0) is 17.1 Å². The minimum atomic E-state index is -0.625. The second kappa shape index (κ2) is 3.65. The molecule has 7 nitrogen and oxygen atoms in total. The van der Waals surface area contributed by atoms with Crippen LogP contribution in [0.3, 0.4) is 0 Å². The Morgan fingerprint density at radius 1 is 1.83 bits per heavy atom. The summed E-state index contributed by atoms with van der Waals surface area (Å²) in [6, 6.07) is 0. The molecule has 0 aromatic carbocycles. The molecule has 0 saturated heterocycles. The topological polar surface area (TPSA) is 118 Å². The molecule has 0 aliphatic rings. The van der Waals surface area contributed by atoms with E-state index in [2.05, 4.69) is 19.4 Å². The minimum absolute atomic E-state index is 0.0419. The zero-order chi connectivity index (χ0) is 8.97. The molecular weight excluding hydrogens is 180 g/mol. The molecule has 1 aromatic rings. The molecule has 0 aliphatic heterocycles. The van der Waals surface area contributed by atoms with E-state index < -0.39 is 5.91 Å². The van der Waals surface area contributed by atoms with Crippen LogP contribution >= 0.6 is 11.5 Å². The Morgan fingerprint density at radius 2 is 2.58 bits per heavy atom. The molecule has 1 heterocycles. The van der Waals surface area contributed by atoms with E-state index in [1.807, 2.05) is 0 Å². The van der Waals surface area contributed by atoms with Gasteiger partial charge in [0.15, 0.2) is 0 Å². The predicted octanol–water partition coefficient (Wildman–Crippen LogP) is 0.447. The van der Waals surface area contributed by atoms with E-state index in [4.69, 9.17) is 11.3 Å². The molecule has 62 valence electrons. The van der Waals surface area contributed by atoms with Crippen LogP contribution in [0.25, 0.3) is 10.4 Å². The lowest BCUT2D eigenvalue weighted by Gasteiger charge is -1.81. The van der Waals surface area contributed by atoms with Crippen molar-refractivity contribution in [2.45, 2.75) is 6.54 Å². The monoisotopic (exact) mass is 184 g/mol. The molecule has 0 radical (unpaired) electrons. The number of nitrogens with zero attached hydrogens (tertiary/aromatic N) is 5. The summed E-state index contributed by atoms with van der Waals surface area (Å²) in [5.41, 5.74) is 12.9. The minimum Gasteiger partial charge on any atom is -0.363 e. The van der Waals surface area contributed by atoms with Crippen LogP contribution in [0.5, 0.6) is 0 Å². The third kappa shape index (κ3) is 1.91. The van der Waals surface area contributed by atoms with Gasteiger partial charge in [0.1, 0.15) is 5.82 Å². The Bertz CT molecular complexity index is 339. The van der Waals surface area contributed by atoms with E-state index in [1.54, 1.807) is 0 Å². The van der Waals surface area contributed by atoms with E-state index in [1.165, 1.54) is 0 Å². The van der Waals surface area contributed by atoms with Gasteiger partial charge in [-0.15, -0.1) is 0 Å². The van der Waals surface area contributed by atoms with Gasteiger partial charge in [-0.2, -0.15) is 4.37 Å². The number of azide groups is 1. The van der Waals surface area contributed by atoms with Gasteiger partial charge in [0.05, 0.1) is 6.54 Å². The molecule has 0 unspecified atom stereocenters. The number of aromatic nitrogens is 2. The number of rotatable bonds is 3. The first-order valence-electron chi connectivity index (χ1n) is 2.87. The van der Waals surface area contributed by atoms with Gasteiger partial charge < -0.3 is 5.73 Å². The van der Waals surface area contributed by atoms with Crippen molar-refractivity contribution in [1.82, 2.24) is 9.36 Å². The largest absolute Gasteiger partial charge is 0.363 e. The van der Waals surface area contributed by atoms with Crippen molar-refractivity contribution >= 4 is 17.4 Å². The van der Waals surface area contributed by atoms with Crippen LogP contribution < -0.4 is 5.73 Å². The molecule has 0 spiro atoms. The predicted molar refractivity (Wildman–Crippen MR) is 41.3 cm³/mol. The van der Waals surface area contributed by atoms with Crippen molar-refractivity contribution in [3.8, 4) is 0 Å². The second-order valence-corrected chi connectivity index (χ2v) is 2.52. The third-order valence-electron chi connectivity index (χ3n) is 0.954. The van der Waals surface area contributed by atoms with E-state index in [-0.39, 0.29) is 11.6 Å². The number of primary amides is 1. The standard InChI is InChI=1S/C4H4N6OS/c5-3(11)4-8-2(9-12-4)1-7-10-6/h1H2,(H2,5,11). The van der Waals surface area contributed by atoms with Crippen LogP contribution in [0.15, 0.2) is 5.11 Å². The summed E-state index contributed by atoms with van der Waals surface area (Å²) in [4.78, 5) is 16.7. The summed E-state index contributed by atoms with van der Waals surface area (Å²) in [6.45, 7) is 0.0419. The lowest BCUT2D eigenvalue weighted by molar-refractivity contribution is 0.1000. The first-order valence-corrected chi connectivity index (χ1v) is 3.64. The summed E-state index contributed by atoms with van der Waals surface area (Å²) >= 11 is 0.889. The molecule has 0 saturated carbocycles. The molecular formula is C4H4N6OS. The number of carbonyl (C=O) groups excluding carboxylic acids is 1. The number of amides is 1. The fraction of sp³-hybridized carbons (Fsp3) is 0.250. The highest BCUT2D eigenvalue weighted by Gasteiger charge is 2.07. The van der Waals surface area contributed by atoms with Crippen molar-refractivity contribution in [2.24, 2.45) is 10.8 Å². The van der Waals surface area contributed by atoms with Crippen LogP contribution in [-0.2, 0) is 6.54 Å². The molecule has 12 heavy (non-hydrogen) atoms. The van der Waals surface area contributed by atoms with Crippen molar-refractivity contribution in [2.75, 3.05) is 0 Å². The van der Waals surface area contributed by atoms with E-state index in [0.717, 1.165) is 11.5 Å². The van der Waals surface area contributed by atoms with E-state index in [9.17, 15) is 4.79 Å². The number of nitrogens with two attached hydrogens (primary N) is 1. The molecule has 1 aromatic heterocycles. The maximum absolute atomic E-state index is 10.5. The molecule has 2 N–H and O–H groups in total. The van der Waals surface area contributed by atoms with Crippen LogP contribution in [0, 0.1) is 0 Å². The highest BCUT2D eigenvalue weighted by molar-refractivity contribution is 7.07. The highest BCUT2D eigenvalue weighted by Crippen LogP contribution is 2.04. The lowest BCUT2D eigenvalue weighted by atomic mass is 10.6. The third-order valence-corrected chi connectivity index (χ3v) is 1.72. The number of hydrogen-bond acceptors (Lipinski definition) is 5. The van der Waals surface area contributed by atoms with Crippen molar-refractivity contribution in [3.63, 3.8) is 0 Å². The van der Waals surface area contributed by atoms with E-state index in [0.29, 0.717) is 5.82 Å². The fourth-order valence-corrected chi connectivity index (χ4v) is 1.04. The molecule has 0 bridgehead atoms. The zero-order valence-corrected chi connectivity index (χ0v) is 6.65. The lowest BCUT2D eigenvalue weighted by Crippen LogP contribution is -2.10. The molecule has 0 fully saturated rings. The molecule has 1 amide bonds. The van der Waals surface area contributed by atoms with Crippen LogP contribution in [-0.4, -0.2) is 15.3 Å². The average molecular weight is 184 g/mol. The normalized spacial score (nSPS) is 9.00. The highest BCUT2D eigenvalue weighted by atomic mass is 32.1. The molecule has 1 rings (SSSR count). The van der Waals surface area contributed by atoms with Crippen LogP contribution in [0.4, 0.5) is 0 Å². The van der Waals surface area contributed by atoms with Gasteiger partial charge >= 0.3 is 0 Å². The Morgan fingerprint density at radius 3 is 3.08 bits per heavy atom. The molecule has 0 aliphatic carbocycles. The van der Waals surface area contributed by atoms with Crippen LogP contribution in [0.2, 0.25) is 0 Å². The van der Waals surface area contributed by atoms with Crippen molar-refractivity contribution in [3.05, 3.63) is 21.3 Å². The Labute approximate surface area is 71.0 Å². The van der Waals surface area contributed by atoms with Gasteiger partial charge in [-0.1, -0.05) is 5.11 Å². The Hall–Kier alpha value is -1.66. The van der Waals surface area contributed by atoms with Crippen molar-refractivity contribution < 1.29 is 4.79 Å². The van der Waals surface area contributed by atoms with E-state index >= 15 is 0 Å². The number of hydrogen-bond donors (Lipinski definition) is 1. The Balaban J connectivity index is 2.77. The number of carbonyl (C=O) groups is 1. The van der Waals surface area contributed by atoms with Crippen LogP contribution in [0.1, 0.15) is 15.6 Å². The second-order valence-electron chi connectivity index (χ2n) is 1.77. The summed E-state index contributed by atoms with van der Waals surface area (Å²) in [5, 5.41) is 3.35. The fourth-order valence-electron chi connectivity index (χ4n) is 0.513.